The maximum atomic E-state index is 14.1. The number of anilines is 1. The molecule has 0 heterocycles. The number of hydrogen-bond donors (Lipinski definition) is 0. The quantitative estimate of drug-likeness (QED) is 0.571. The molecule has 0 aliphatic heterocycles. The Hall–Kier alpha value is -2.02. The summed E-state index contributed by atoms with van der Waals surface area (Å²) in [7, 11) is 0. The smallest absolute Gasteiger partial charge is 0.242 e. The molecule has 0 atom stereocenters. The van der Waals surface area contributed by atoms with E-state index in [1.807, 2.05) is 0 Å². The summed E-state index contributed by atoms with van der Waals surface area (Å²) in [6, 6.07) is 7.74. The van der Waals surface area contributed by atoms with Crippen molar-refractivity contribution in [1.82, 2.24) is 0 Å². The molecule has 0 N–H and O–H groups in total. The minimum absolute atomic E-state index is 0.0802. The first-order valence-electron chi connectivity index (χ1n) is 6.20. The van der Waals surface area contributed by atoms with E-state index in [2.05, 4.69) is 15.9 Å². The molecule has 0 aromatic heterocycles. The molecule has 0 radical (unpaired) electrons. The Bertz CT molecular complexity index is 709. The second-order valence-electron chi connectivity index (χ2n) is 4.44. The number of benzene rings is 2. The Morgan fingerprint density at radius 2 is 2.00 bits per heavy atom. The van der Waals surface area contributed by atoms with Crippen LogP contribution in [0.5, 0.6) is 5.75 Å². The van der Waals surface area contributed by atoms with Crippen LogP contribution in [-0.4, -0.2) is 6.41 Å². The molecular formula is C15H11BrF3NO2. The van der Waals surface area contributed by atoms with Crippen LogP contribution in [0, 0.1) is 18.6 Å². The van der Waals surface area contributed by atoms with E-state index >= 15 is 0 Å². The third kappa shape index (κ3) is 3.24. The number of halogens is 4. The van der Waals surface area contributed by atoms with E-state index in [1.54, 1.807) is 24.3 Å². The zero-order chi connectivity index (χ0) is 16.3. The molecule has 0 bridgehead atoms. The Kier molecular flexibility index (Phi) is 5.07. The van der Waals surface area contributed by atoms with Gasteiger partial charge in [-0.1, -0.05) is 38.6 Å². The van der Waals surface area contributed by atoms with Gasteiger partial charge in [-0.25, -0.2) is 8.78 Å². The van der Waals surface area contributed by atoms with Gasteiger partial charge in [-0.15, -0.1) is 5.12 Å². The summed E-state index contributed by atoms with van der Waals surface area (Å²) in [5.41, 5.74) is -0.251. The first-order chi connectivity index (χ1) is 10.5. The minimum atomic E-state index is -1.05. The molecule has 2 rings (SSSR count). The van der Waals surface area contributed by atoms with E-state index in [4.69, 9.17) is 4.74 Å². The Labute approximate surface area is 133 Å². The van der Waals surface area contributed by atoms with Crippen molar-refractivity contribution in [2.75, 3.05) is 5.12 Å². The molecule has 0 saturated carbocycles. The average Bonchev–Trinajstić information content (AvgIpc) is 2.52. The number of amides is 1. The van der Waals surface area contributed by atoms with Crippen LogP contribution in [-0.2, 0) is 11.4 Å². The van der Waals surface area contributed by atoms with Gasteiger partial charge in [-0.05, 0) is 13.0 Å². The van der Waals surface area contributed by atoms with Gasteiger partial charge >= 0.3 is 0 Å². The lowest BCUT2D eigenvalue weighted by atomic mass is 10.1. The summed E-state index contributed by atoms with van der Waals surface area (Å²) < 4.78 is 47.1. The van der Waals surface area contributed by atoms with Gasteiger partial charge in [0.05, 0.1) is 0 Å². The van der Waals surface area contributed by atoms with Crippen LogP contribution in [0.15, 0.2) is 34.8 Å². The maximum Gasteiger partial charge on any atom is 0.242 e. The molecule has 7 heteroatoms. The molecular weight excluding hydrogens is 363 g/mol. The standard InChI is InChI=1S/C15H11BrF3NO2/c1-9-12(17)6-13(20(19)8-21)15(14(9)18)22-7-10-4-2-3-5-11(10)16/h2-6,8H,7H2,1H3. The Morgan fingerprint density at radius 1 is 1.32 bits per heavy atom. The third-order valence-corrected chi connectivity index (χ3v) is 3.81. The maximum absolute atomic E-state index is 14.1. The summed E-state index contributed by atoms with van der Waals surface area (Å²) in [6.07, 6.45) is -0.200. The van der Waals surface area contributed by atoms with Crippen LogP contribution in [0.1, 0.15) is 11.1 Å². The van der Waals surface area contributed by atoms with Gasteiger partial charge < -0.3 is 4.74 Å². The molecule has 2 aromatic rings. The first-order valence-corrected chi connectivity index (χ1v) is 7.00. The highest BCUT2D eigenvalue weighted by Gasteiger charge is 2.22. The predicted octanol–water partition coefficient (Wildman–Crippen LogP) is 4.46. The summed E-state index contributed by atoms with van der Waals surface area (Å²) in [5, 5.41) is -0.430. The Balaban J connectivity index is 2.39. The summed E-state index contributed by atoms with van der Waals surface area (Å²) in [6.45, 7) is 1.12. The molecule has 0 fully saturated rings. The third-order valence-electron chi connectivity index (χ3n) is 3.04. The lowest BCUT2D eigenvalue weighted by Crippen LogP contribution is -2.12. The van der Waals surface area contributed by atoms with E-state index in [0.29, 0.717) is 11.6 Å². The second-order valence-corrected chi connectivity index (χ2v) is 5.30. The highest BCUT2D eigenvalue weighted by molar-refractivity contribution is 9.10. The van der Waals surface area contributed by atoms with Crippen LogP contribution in [0.2, 0.25) is 0 Å². The molecule has 0 unspecified atom stereocenters. The van der Waals surface area contributed by atoms with Crippen molar-refractivity contribution in [3.63, 3.8) is 0 Å². The van der Waals surface area contributed by atoms with Crippen molar-refractivity contribution < 1.29 is 22.8 Å². The molecule has 22 heavy (non-hydrogen) atoms. The molecule has 3 nitrogen and oxygen atoms in total. The van der Waals surface area contributed by atoms with E-state index < -0.39 is 28.2 Å². The van der Waals surface area contributed by atoms with E-state index in [9.17, 15) is 18.1 Å². The van der Waals surface area contributed by atoms with E-state index in [1.165, 1.54) is 6.92 Å². The van der Waals surface area contributed by atoms with Crippen molar-refractivity contribution in [1.29, 1.82) is 0 Å². The second kappa shape index (κ2) is 6.83. The van der Waals surface area contributed by atoms with Gasteiger partial charge in [-0.2, -0.15) is 0 Å². The van der Waals surface area contributed by atoms with E-state index in [0.717, 1.165) is 4.47 Å². The molecule has 0 aliphatic rings. The molecule has 0 spiro atoms. The highest BCUT2D eigenvalue weighted by atomic mass is 79.9. The predicted molar refractivity (Wildman–Crippen MR) is 79.2 cm³/mol. The van der Waals surface area contributed by atoms with Crippen LogP contribution in [0.25, 0.3) is 0 Å². The van der Waals surface area contributed by atoms with Crippen LogP contribution in [0.3, 0.4) is 0 Å². The van der Waals surface area contributed by atoms with Crippen molar-refractivity contribution in [3.05, 3.63) is 57.6 Å². The molecule has 0 saturated heterocycles. The first kappa shape index (κ1) is 16.4. The molecule has 0 aliphatic carbocycles. The normalized spacial score (nSPS) is 10.4. The van der Waals surface area contributed by atoms with Gasteiger partial charge in [0.2, 0.25) is 6.41 Å². The monoisotopic (exact) mass is 373 g/mol. The summed E-state index contributed by atoms with van der Waals surface area (Å²) in [4.78, 5) is 10.5. The summed E-state index contributed by atoms with van der Waals surface area (Å²) in [5.74, 6) is -2.54. The molecule has 116 valence electrons. The number of ether oxygens (including phenoxy) is 1. The fourth-order valence-corrected chi connectivity index (χ4v) is 2.20. The zero-order valence-corrected chi connectivity index (χ0v) is 13.0. The van der Waals surface area contributed by atoms with E-state index in [-0.39, 0.29) is 18.6 Å². The fourth-order valence-electron chi connectivity index (χ4n) is 1.80. The van der Waals surface area contributed by atoms with Crippen LogP contribution >= 0.6 is 15.9 Å². The number of rotatable bonds is 5. The van der Waals surface area contributed by atoms with Gasteiger partial charge in [0.25, 0.3) is 0 Å². The van der Waals surface area contributed by atoms with Gasteiger partial charge in [-0.3, -0.25) is 4.79 Å². The van der Waals surface area contributed by atoms with Gasteiger partial charge in [0.1, 0.15) is 18.1 Å². The van der Waals surface area contributed by atoms with Gasteiger partial charge in [0, 0.05) is 21.7 Å². The van der Waals surface area contributed by atoms with Gasteiger partial charge in [0.15, 0.2) is 11.6 Å². The lowest BCUT2D eigenvalue weighted by Gasteiger charge is -2.16. The number of nitrogens with zero attached hydrogens (tertiary/aromatic N) is 1. The lowest BCUT2D eigenvalue weighted by molar-refractivity contribution is -0.109. The van der Waals surface area contributed by atoms with Crippen molar-refractivity contribution in [3.8, 4) is 5.75 Å². The topological polar surface area (TPSA) is 29.5 Å². The highest BCUT2D eigenvalue weighted by Crippen LogP contribution is 2.35. The fraction of sp³-hybridized carbons (Fsp3) is 0.133. The zero-order valence-electron chi connectivity index (χ0n) is 11.4. The SMILES string of the molecule is Cc1c(F)cc(N(F)C=O)c(OCc2ccccc2Br)c1F. The summed E-state index contributed by atoms with van der Waals surface area (Å²) >= 11 is 3.30. The van der Waals surface area contributed by atoms with Crippen molar-refractivity contribution in [2.24, 2.45) is 0 Å². The Morgan fingerprint density at radius 3 is 2.64 bits per heavy atom. The number of hydrogen-bond acceptors (Lipinski definition) is 2. The molecule has 2 aromatic carbocycles. The van der Waals surface area contributed by atoms with Crippen molar-refractivity contribution in [2.45, 2.75) is 13.5 Å². The largest absolute Gasteiger partial charge is 0.483 e. The van der Waals surface area contributed by atoms with Crippen molar-refractivity contribution >= 4 is 28.0 Å². The minimum Gasteiger partial charge on any atom is -0.483 e. The van der Waals surface area contributed by atoms with Crippen LogP contribution < -0.4 is 9.86 Å². The number of carbonyl (C=O) groups is 1. The number of carbonyl (C=O) groups excluding carboxylic acids is 1. The van der Waals surface area contributed by atoms with Crippen LogP contribution in [0.4, 0.5) is 18.9 Å². The average molecular weight is 374 g/mol. The molecule has 1 amide bonds.